The smallest absolute Gasteiger partial charge is 0.320 e. The highest BCUT2D eigenvalue weighted by Crippen LogP contribution is 2.24. The van der Waals surface area contributed by atoms with E-state index in [1.54, 1.807) is 0 Å². The third-order valence-electron chi connectivity index (χ3n) is 3.85. The summed E-state index contributed by atoms with van der Waals surface area (Å²) in [6, 6.07) is 7.50. The van der Waals surface area contributed by atoms with Gasteiger partial charge in [-0.25, -0.2) is 4.79 Å². The Kier molecular flexibility index (Phi) is 4.80. The van der Waals surface area contributed by atoms with Crippen LogP contribution in [0, 0.1) is 12.8 Å². The van der Waals surface area contributed by atoms with Crippen molar-refractivity contribution in [1.29, 1.82) is 0 Å². The molecule has 2 rings (SSSR count). The van der Waals surface area contributed by atoms with Crippen LogP contribution in [0.15, 0.2) is 24.3 Å². The second-order valence-electron chi connectivity index (χ2n) is 5.34. The van der Waals surface area contributed by atoms with Gasteiger partial charge in [0.25, 0.3) is 0 Å². The molecule has 4 heteroatoms. The molecule has 1 aliphatic carbocycles. The molecule has 1 aliphatic rings. The van der Waals surface area contributed by atoms with Crippen LogP contribution < -0.4 is 16.4 Å². The second kappa shape index (κ2) is 6.57. The summed E-state index contributed by atoms with van der Waals surface area (Å²) >= 11 is 0. The van der Waals surface area contributed by atoms with Crippen molar-refractivity contribution in [2.45, 2.75) is 45.2 Å². The summed E-state index contributed by atoms with van der Waals surface area (Å²) in [7, 11) is 0. The zero-order valence-corrected chi connectivity index (χ0v) is 11.5. The number of amides is 2. The van der Waals surface area contributed by atoms with Crippen molar-refractivity contribution in [1.82, 2.24) is 5.32 Å². The predicted molar refractivity (Wildman–Crippen MR) is 77.9 cm³/mol. The highest BCUT2D eigenvalue weighted by Gasteiger charge is 2.21. The van der Waals surface area contributed by atoms with Gasteiger partial charge in [-0.2, -0.15) is 0 Å². The van der Waals surface area contributed by atoms with Gasteiger partial charge in [-0.3, -0.25) is 0 Å². The summed E-state index contributed by atoms with van der Waals surface area (Å²) in [5, 5.41) is 5.70. The van der Waals surface area contributed by atoms with Gasteiger partial charge in [-0.15, -0.1) is 0 Å². The zero-order chi connectivity index (χ0) is 13.7. The number of rotatable bonds is 3. The van der Waals surface area contributed by atoms with Crippen molar-refractivity contribution in [3.63, 3.8) is 0 Å². The van der Waals surface area contributed by atoms with Crippen LogP contribution in [-0.4, -0.2) is 12.2 Å². The molecule has 19 heavy (non-hydrogen) atoms. The summed E-state index contributed by atoms with van der Waals surface area (Å²) in [5.41, 5.74) is 7.94. The van der Waals surface area contributed by atoms with E-state index in [4.69, 9.17) is 5.73 Å². The molecule has 1 atom stereocenters. The van der Waals surface area contributed by atoms with Gasteiger partial charge in [0.15, 0.2) is 0 Å². The van der Waals surface area contributed by atoms with Gasteiger partial charge in [-0.1, -0.05) is 37.5 Å². The number of anilines is 1. The van der Waals surface area contributed by atoms with Crippen molar-refractivity contribution >= 4 is 11.7 Å². The molecule has 1 aromatic carbocycles. The first-order chi connectivity index (χ1) is 9.16. The van der Waals surface area contributed by atoms with Gasteiger partial charge in [-0.05, 0) is 37.3 Å². The molecule has 0 spiro atoms. The van der Waals surface area contributed by atoms with Crippen molar-refractivity contribution in [2.24, 2.45) is 11.7 Å². The normalized spacial score (nSPS) is 17.8. The molecule has 0 aliphatic heterocycles. The molecule has 1 fully saturated rings. The minimum absolute atomic E-state index is 0.215. The van der Waals surface area contributed by atoms with Crippen LogP contribution in [0.3, 0.4) is 0 Å². The fourth-order valence-corrected chi connectivity index (χ4v) is 2.63. The number of carbonyl (C=O) groups excluding carboxylic acids is 1. The summed E-state index contributed by atoms with van der Waals surface area (Å²) in [6.45, 7) is 1.97. The number of benzene rings is 1. The quantitative estimate of drug-likeness (QED) is 0.732. The highest BCUT2D eigenvalue weighted by atomic mass is 16.2. The minimum Gasteiger partial charge on any atom is -0.322 e. The number of urea groups is 1. The Morgan fingerprint density at radius 3 is 2.63 bits per heavy atom. The predicted octanol–water partition coefficient (Wildman–Crippen LogP) is 2.98. The van der Waals surface area contributed by atoms with E-state index in [1.807, 2.05) is 31.2 Å². The number of aryl methyl sites for hydroxylation is 1. The first-order valence-corrected chi connectivity index (χ1v) is 7.05. The average Bonchev–Trinajstić information content (AvgIpc) is 2.42. The van der Waals surface area contributed by atoms with Gasteiger partial charge in [0.05, 0.1) is 6.17 Å². The molecule has 0 bridgehead atoms. The van der Waals surface area contributed by atoms with E-state index in [-0.39, 0.29) is 12.2 Å². The topological polar surface area (TPSA) is 67.2 Å². The third-order valence-corrected chi connectivity index (χ3v) is 3.85. The van der Waals surface area contributed by atoms with Crippen molar-refractivity contribution in [2.75, 3.05) is 5.32 Å². The monoisotopic (exact) mass is 261 g/mol. The van der Waals surface area contributed by atoms with Gasteiger partial charge in [0.1, 0.15) is 0 Å². The van der Waals surface area contributed by atoms with Crippen LogP contribution in [0.4, 0.5) is 10.5 Å². The maximum atomic E-state index is 11.9. The largest absolute Gasteiger partial charge is 0.322 e. The maximum Gasteiger partial charge on any atom is 0.320 e. The molecule has 0 saturated heterocycles. The van der Waals surface area contributed by atoms with E-state index < -0.39 is 0 Å². The van der Waals surface area contributed by atoms with E-state index in [0.717, 1.165) is 24.1 Å². The van der Waals surface area contributed by atoms with Crippen LogP contribution in [0.5, 0.6) is 0 Å². The number of para-hydroxylation sites is 1. The summed E-state index contributed by atoms with van der Waals surface area (Å²) in [4.78, 5) is 11.9. The minimum atomic E-state index is -0.246. The lowest BCUT2D eigenvalue weighted by molar-refractivity contribution is 0.233. The first kappa shape index (κ1) is 13.9. The van der Waals surface area contributed by atoms with Crippen LogP contribution in [0.1, 0.15) is 37.7 Å². The van der Waals surface area contributed by atoms with E-state index >= 15 is 0 Å². The Morgan fingerprint density at radius 2 is 1.95 bits per heavy atom. The molecule has 4 nitrogen and oxygen atoms in total. The fourth-order valence-electron chi connectivity index (χ4n) is 2.63. The van der Waals surface area contributed by atoms with Gasteiger partial charge < -0.3 is 16.4 Å². The molecule has 0 aromatic heterocycles. The Hall–Kier alpha value is -1.55. The average molecular weight is 261 g/mol. The molecular weight excluding hydrogens is 238 g/mol. The van der Waals surface area contributed by atoms with E-state index in [2.05, 4.69) is 10.6 Å². The Morgan fingerprint density at radius 1 is 1.26 bits per heavy atom. The van der Waals surface area contributed by atoms with Crippen LogP contribution >= 0.6 is 0 Å². The second-order valence-corrected chi connectivity index (χ2v) is 5.34. The van der Waals surface area contributed by atoms with Crippen molar-refractivity contribution in [3.05, 3.63) is 29.8 Å². The van der Waals surface area contributed by atoms with Gasteiger partial charge >= 0.3 is 6.03 Å². The maximum absolute atomic E-state index is 11.9. The lowest BCUT2D eigenvalue weighted by Crippen LogP contribution is -2.48. The van der Waals surface area contributed by atoms with Crippen molar-refractivity contribution in [3.8, 4) is 0 Å². The molecular formula is C15H23N3O. The van der Waals surface area contributed by atoms with Crippen LogP contribution in [0.2, 0.25) is 0 Å². The molecule has 1 unspecified atom stereocenters. The standard InChI is InChI=1S/C15H23N3O/c1-11-7-5-6-10-13(11)17-15(19)18-14(16)12-8-3-2-4-9-12/h5-7,10,12,14H,2-4,8-9,16H2,1H3,(H2,17,18,19). The lowest BCUT2D eigenvalue weighted by atomic mass is 9.87. The Labute approximate surface area is 114 Å². The molecule has 104 valence electrons. The number of hydrogen-bond donors (Lipinski definition) is 3. The van der Waals surface area contributed by atoms with Crippen LogP contribution in [-0.2, 0) is 0 Å². The molecule has 0 radical (unpaired) electrons. The molecule has 1 saturated carbocycles. The van der Waals surface area contributed by atoms with Crippen LogP contribution in [0.25, 0.3) is 0 Å². The molecule has 2 amide bonds. The summed E-state index contributed by atoms with van der Waals surface area (Å²) in [6.07, 6.45) is 5.72. The van der Waals surface area contributed by atoms with Gasteiger partial charge in [0.2, 0.25) is 0 Å². The summed E-state index contributed by atoms with van der Waals surface area (Å²) in [5.74, 6) is 0.413. The number of nitrogens with two attached hydrogens (primary N) is 1. The first-order valence-electron chi connectivity index (χ1n) is 7.05. The zero-order valence-electron chi connectivity index (χ0n) is 11.5. The SMILES string of the molecule is Cc1ccccc1NC(=O)NC(N)C1CCCCC1. The summed E-state index contributed by atoms with van der Waals surface area (Å²) < 4.78 is 0. The third kappa shape index (κ3) is 3.96. The molecule has 0 heterocycles. The molecule has 1 aromatic rings. The number of nitrogens with one attached hydrogen (secondary N) is 2. The molecule has 4 N–H and O–H groups in total. The number of carbonyl (C=O) groups is 1. The van der Waals surface area contributed by atoms with E-state index in [0.29, 0.717) is 5.92 Å². The van der Waals surface area contributed by atoms with Gasteiger partial charge in [0, 0.05) is 5.69 Å². The lowest BCUT2D eigenvalue weighted by Gasteiger charge is -2.28. The van der Waals surface area contributed by atoms with Crippen molar-refractivity contribution < 1.29 is 4.79 Å². The van der Waals surface area contributed by atoms with E-state index in [9.17, 15) is 4.79 Å². The highest BCUT2D eigenvalue weighted by molar-refractivity contribution is 5.90. The number of hydrogen-bond acceptors (Lipinski definition) is 2. The Bertz CT molecular complexity index is 427. The van der Waals surface area contributed by atoms with E-state index in [1.165, 1.54) is 19.3 Å². The fraction of sp³-hybridized carbons (Fsp3) is 0.533. The Balaban J connectivity index is 1.85.